The van der Waals surface area contributed by atoms with E-state index in [9.17, 15) is 0 Å². The molecule has 0 atom stereocenters. The third-order valence-electron chi connectivity index (χ3n) is 6.26. The molecule has 0 aliphatic heterocycles. The monoisotopic (exact) mass is 451 g/mol. The molecular formula is C25H25N9. The van der Waals surface area contributed by atoms with Crippen LogP contribution < -0.4 is 5.32 Å². The topological polar surface area (TPSA) is 91.3 Å². The molecule has 1 N–H and O–H groups in total. The number of rotatable bonds is 5. The fraction of sp³-hybridized carbons (Fsp3) is 0.240. The first-order chi connectivity index (χ1) is 16.5. The van der Waals surface area contributed by atoms with Crippen molar-refractivity contribution in [3.05, 3.63) is 77.6 Å². The maximum atomic E-state index is 4.91. The van der Waals surface area contributed by atoms with Crippen LogP contribution in [-0.2, 0) is 40.4 Å². The molecule has 0 spiro atoms. The Hall–Kier alpha value is -4.27. The smallest absolute Gasteiger partial charge is 0.228 e. The molecule has 0 amide bonds. The number of aromatic nitrogens is 8. The fourth-order valence-corrected chi connectivity index (χ4v) is 4.61. The molecule has 9 heteroatoms. The van der Waals surface area contributed by atoms with Crippen LogP contribution in [0.4, 0.5) is 11.8 Å². The second kappa shape index (κ2) is 7.95. The van der Waals surface area contributed by atoms with E-state index in [1.54, 1.807) is 4.68 Å². The van der Waals surface area contributed by atoms with Gasteiger partial charge in [-0.2, -0.15) is 15.3 Å². The second-order valence-corrected chi connectivity index (χ2v) is 8.74. The first kappa shape index (κ1) is 20.3. The normalized spacial score (nSPS) is 12.4. The number of anilines is 2. The number of nitrogens with one attached hydrogen (secondary N) is 1. The molecule has 1 aliphatic rings. The van der Waals surface area contributed by atoms with Crippen LogP contribution in [0.5, 0.6) is 0 Å². The molecule has 0 saturated heterocycles. The Kier molecular flexibility index (Phi) is 4.75. The van der Waals surface area contributed by atoms with E-state index in [1.165, 1.54) is 5.56 Å². The van der Waals surface area contributed by atoms with E-state index in [-0.39, 0.29) is 0 Å². The van der Waals surface area contributed by atoms with Crippen molar-refractivity contribution in [2.45, 2.75) is 19.3 Å². The van der Waals surface area contributed by atoms with Crippen molar-refractivity contribution in [3.8, 4) is 22.4 Å². The Labute approximate surface area is 197 Å². The maximum Gasteiger partial charge on any atom is 0.228 e. The summed E-state index contributed by atoms with van der Waals surface area (Å²) >= 11 is 0. The van der Waals surface area contributed by atoms with Crippen molar-refractivity contribution in [2.24, 2.45) is 21.1 Å². The van der Waals surface area contributed by atoms with Gasteiger partial charge in [-0.1, -0.05) is 24.3 Å². The third-order valence-corrected chi connectivity index (χ3v) is 6.26. The van der Waals surface area contributed by atoms with Crippen LogP contribution in [0.15, 0.2) is 55.1 Å². The molecular weight excluding hydrogens is 426 g/mol. The Balaban J connectivity index is 1.37. The van der Waals surface area contributed by atoms with Crippen molar-refractivity contribution in [1.82, 2.24) is 39.3 Å². The van der Waals surface area contributed by atoms with E-state index in [2.05, 4.69) is 44.8 Å². The van der Waals surface area contributed by atoms with Crippen LogP contribution in [0.2, 0.25) is 0 Å². The lowest BCUT2D eigenvalue weighted by molar-refractivity contribution is 0.705. The number of hydrogen-bond donors (Lipinski definition) is 1. The average Bonchev–Trinajstić information content (AvgIpc) is 3.53. The molecule has 34 heavy (non-hydrogen) atoms. The minimum Gasteiger partial charge on any atom is -0.307 e. The predicted octanol–water partition coefficient (Wildman–Crippen LogP) is 3.44. The molecule has 4 aromatic heterocycles. The molecule has 0 fully saturated rings. The van der Waals surface area contributed by atoms with Crippen molar-refractivity contribution < 1.29 is 0 Å². The molecule has 9 nitrogen and oxygen atoms in total. The van der Waals surface area contributed by atoms with Crippen LogP contribution in [0.3, 0.4) is 0 Å². The van der Waals surface area contributed by atoms with Gasteiger partial charge in [0.2, 0.25) is 5.95 Å². The molecule has 1 aromatic carbocycles. The minimum absolute atomic E-state index is 0.540. The standard InChI is InChI=1S/C25H25N9/c1-32-10-9-22(31-32)28-25-26-13-18-7-8-20-23(24(18)29-25)21(34(3)30-20)12-16-5-4-6-17(11-16)19-14-27-33(2)15-19/h4-6,9-11,13-15H,7-8,12H2,1-3H3,(H,26,28,29,31). The van der Waals surface area contributed by atoms with E-state index in [0.29, 0.717) is 5.95 Å². The van der Waals surface area contributed by atoms with E-state index in [4.69, 9.17) is 10.1 Å². The summed E-state index contributed by atoms with van der Waals surface area (Å²) < 4.78 is 5.58. The highest BCUT2D eigenvalue weighted by Gasteiger charge is 2.26. The van der Waals surface area contributed by atoms with Crippen LogP contribution in [0.25, 0.3) is 22.4 Å². The van der Waals surface area contributed by atoms with Gasteiger partial charge < -0.3 is 5.32 Å². The summed E-state index contributed by atoms with van der Waals surface area (Å²) in [6.45, 7) is 0. The van der Waals surface area contributed by atoms with Crippen molar-refractivity contribution in [3.63, 3.8) is 0 Å². The zero-order valence-corrected chi connectivity index (χ0v) is 19.4. The van der Waals surface area contributed by atoms with E-state index in [0.717, 1.165) is 64.4 Å². The third kappa shape index (κ3) is 3.64. The number of aryl methyl sites for hydroxylation is 5. The quantitative estimate of drug-likeness (QED) is 0.440. The van der Waals surface area contributed by atoms with Crippen molar-refractivity contribution >= 4 is 11.8 Å². The first-order valence-corrected chi connectivity index (χ1v) is 11.3. The Bertz CT molecular complexity index is 1500. The Morgan fingerprint density at radius 1 is 0.971 bits per heavy atom. The highest BCUT2D eigenvalue weighted by Crippen LogP contribution is 2.36. The van der Waals surface area contributed by atoms with Gasteiger partial charge >= 0.3 is 0 Å². The number of nitrogens with zero attached hydrogens (tertiary/aromatic N) is 8. The van der Waals surface area contributed by atoms with Crippen LogP contribution >= 0.6 is 0 Å². The highest BCUT2D eigenvalue weighted by molar-refractivity contribution is 5.72. The molecule has 0 unspecified atom stereocenters. The molecule has 0 bridgehead atoms. The number of benzene rings is 1. The SMILES string of the molecule is Cn1cc(-c2cccc(Cc3c4c(nn3C)CCc3cnc(Nc5ccn(C)n5)nc3-4)c2)cn1. The summed E-state index contributed by atoms with van der Waals surface area (Å²) in [5, 5.41) is 16.8. The lowest BCUT2D eigenvalue weighted by Gasteiger charge is -2.17. The molecule has 6 rings (SSSR count). The van der Waals surface area contributed by atoms with Gasteiger partial charge in [-0.15, -0.1) is 0 Å². The maximum absolute atomic E-state index is 4.91. The largest absolute Gasteiger partial charge is 0.307 e. The number of fused-ring (bicyclic) bond motifs is 3. The Morgan fingerprint density at radius 3 is 2.68 bits per heavy atom. The van der Waals surface area contributed by atoms with Gasteiger partial charge in [0.25, 0.3) is 0 Å². The minimum atomic E-state index is 0.540. The summed E-state index contributed by atoms with van der Waals surface area (Å²) in [5.74, 6) is 1.26. The van der Waals surface area contributed by atoms with Gasteiger partial charge in [0.15, 0.2) is 5.82 Å². The Morgan fingerprint density at radius 2 is 1.88 bits per heavy atom. The van der Waals surface area contributed by atoms with Gasteiger partial charge in [-0.25, -0.2) is 9.97 Å². The van der Waals surface area contributed by atoms with Crippen LogP contribution in [0, 0.1) is 0 Å². The highest BCUT2D eigenvalue weighted by atomic mass is 15.3. The average molecular weight is 452 g/mol. The van der Waals surface area contributed by atoms with Gasteiger partial charge in [0.05, 0.1) is 23.3 Å². The molecule has 0 radical (unpaired) electrons. The summed E-state index contributed by atoms with van der Waals surface area (Å²) in [7, 11) is 5.84. The van der Waals surface area contributed by atoms with Crippen molar-refractivity contribution in [2.75, 3.05) is 5.32 Å². The zero-order chi connectivity index (χ0) is 23.2. The van der Waals surface area contributed by atoms with Gasteiger partial charge in [0.1, 0.15) is 0 Å². The van der Waals surface area contributed by atoms with Crippen molar-refractivity contribution in [1.29, 1.82) is 0 Å². The second-order valence-electron chi connectivity index (χ2n) is 8.74. The summed E-state index contributed by atoms with van der Waals surface area (Å²) in [5.41, 5.74) is 8.98. The lowest BCUT2D eigenvalue weighted by atomic mass is 9.91. The van der Waals surface area contributed by atoms with Gasteiger partial charge in [-0.3, -0.25) is 14.0 Å². The number of hydrogen-bond acceptors (Lipinski definition) is 6. The van der Waals surface area contributed by atoms with Gasteiger partial charge in [0, 0.05) is 63.3 Å². The molecule has 0 saturated carbocycles. The van der Waals surface area contributed by atoms with E-state index >= 15 is 0 Å². The lowest BCUT2D eigenvalue weighted by Crippen LogP contribution is -2.09. The summed E-state index contributed by atoms with van der Waals surface area (Å²) in [6, 6.07) is 10.5. The van der Waals surface area contributed by atoms with Gasteiger partial charge in [-0.05, 0) is 29.5 Å². The fourth-order valence-electron chi connectivity index (χ4n) is 4.61. The summed E-state index contributed by atoms with van der Waals surface area (Å²) in [4.78, 5) is 9.44. The van der Waals surface area contributed by atoms with E-state index in [1.807, 2.05) is 61.4 Å². The molecule has 4 heterocycles. The summed E-state index contributed by atoms with van der Waals surface area (Å²) in [6.07, 6.45) is 10.3. The zero-order valence-electron chi connectivity index (χ0n) is 19.4. The van der Waals surface area contributed by atoms with E-state index < -0.39 is 0 Å². The molecule has 1 aliphatic carbocycles. The molecule has 5 aromatic rings. The van der Waals surface area contributed by atoms with Crippen LogP contribution in [0.1, 0.15) is 22.5 Å². The predicted molar refractivity (Wildman–Crippen MR) is 130 cm³/mol. The molecule has 170 valence electrons. The first-order valence-electron chi connectivity index (χ1n) is 11.3. The van der Waals surface area contributed by atoms with Crippen LogP contribution in [-0.4, -0.2) is 39.3 Å².